The van der Waals surface area contributed by atoms with E-state index in [-0.39, 0.29) is 11.5 Å². The van der Waals surface area contributed by atoms with E-state index in [0.717, 1.165) is 11.1 Å². The summed E-state index contributed by atoms with van der Waals surface area (Å²) >= 11 is 0. The van der Waals surface area contributed by atoms with Gasteiger partial charge in [-0.2, -0.15) is 0 Å². The van der Waals surface area contributed by atoms with E-state index < -0.39 is 4.92 Å². The van der Waals surface area contributed by atoms with Crippen molar-refractivity contribution in [3.63, 3.8) is 0 Å². The number of allylic oxidation sites excluding steroid dienone is 1. The van der Waals surface area contributed by atoms with Crippen molar-refractivity contribution in [3.8, 4) is 0 Å². The summed E-state index contributed by atoms with van der Waals surface area (Å²) in [6, 6.07) is 10.4. The smallest absolute Gasteiger partial charge is 0.272 e. The van der Waals surface area contributed by atoms with Gasteiger partial charge in [-0.25, -0.2) is 0 Å². The van der Waals surface area contributed by atoms with Gasteiger partial charge in [0.1, 0.15) is 0 Å². The van der Waals surface area contributed by atoms with Crippen molar-refractivity contribution in [1.82, 2.24) is 0 Å². The van der Waals surface area contributed by atoms with Crippen LogP contribution in [0.2, 0.25) is 0 Å². The molecule has 0 heterocycles. The van der Waals surface area contributed by atoms with E-state index in [1.807, 2.05) is 26.0 Å². The number of carbonyl (C=O) groups is 1. The molecule has 4 nitrogen and oxygen atoms in total. The Bertz CT molecular complexity index is 776. The van der Waals surface area contributed by atoms with Crippen LogP contribution in [0.3, 0.4) is 0 Å². The SMILES string of the molecule is Cc1ccc(C(=O)/C=C/c2ccc(C)c([N+](=O)[O-])c2)cc1C. The van der Waals surface area contributed by atoms with Crippen LogP contribution in [-0.2, 0) is 0 Å². The van der Waals surface area contributed by atoms with Gasteiger partial charge in [-0.05, 0) is 49.6 Å². The van der Waals surface area contributed by atoms with E-state index in [4.69, 9.17) is 0 Å². The molecule has 2 aromatic rings. The monoisotopic (exact) mass is 295 g/mol. The van der Waals surface area contributed by atoms with Crippen LogP contribution in [0.25, 0.3) is 6.08 Å². The number of aryl methyl sites for hydroxylation is 3. The zero-order valence-electron chi connectivity index (χ0n) is 12.8. The maximum atomic E-state index is 12.1. The summed E-state index contributed by atoms with van der Waals surface area (Å²) in [4.78, 5) is 22.6. The van der Waals surface area contributed by atoms with Crippen molar-refractivity contribution in [2.45, 2.75) is 20.8 Å². The Hall–Kier alpha value is -2.75. The predicted octanol–water partition coefficient (Wildman–Crippen LogP) is 4.42. The van der Waals surface area contributed by atoms with Gasteiger partial charge in [-0.15, -0.1) is 0 Å². The minimum atomic E-state index is -0.419. The number of carbonyl (C=O) groups excluding carboxylic acids is 1. The number of rotatable bonds is 4. The summed E-state index contributed by atoms with van der Waals surface area (Å²) in [5.41, 5.74) is 4.10. The molecular formula is C18H17NO3. The second kappa shape index (κ2) is 6.35. The Balaban J connectivity index is 2.24. The van der Waals surface area contributed by atoms with Crippen molar-refractivity contribution >= 4 is 17.5 Å². The van der Waals surface area contributed by atoms with Gasteiger partial charge in [0.05, 0.1) is 4.92 Å². The summed E-state index contributed by atoms with van der Waals surface area (Å²) in [7, 11) is 0. The zero-order valence-corrected chi connectivity index (χ0v) is 12.8. The summed E-state index contributed by atoms with van der Waals surface area (Å²) in [5, 5.41) is 10.9. The van der Waals surface area contributed by atoms with Crippen LogP contribution in [0.1, 0.15) is 32.6 Å². The van der Waals surface area contributed by atoms with Crippen molar-refractivity contribution in [2.24, 2.45) is 0 Å². The molecule has 2 aromatic carbocycles. The third-order valence-electron chi connectivity index (χ3n) is 3.65. The van der Waals surface area contributed by atoms with Gasteiger partial charge in [0.25, 0.3) is 5.69 Å². The Morgan fingerprint density at radius 1 is 1.00 bits per heavy atom. The number of nitro groups is 1. The molecule has 0 aliphatic heterocycles. The third kappa shape index (κ3) is 3.47. The fourth-order valence-electron chi connectivity index (χ4n) is 2.09. The van der Waals surface area contributed by atoms with E-state index in [1.165, 1.54) is 12.1 Å². The van der Waals surface area contributed by atoms with Gasteiger partial charge in [0.2, 0.25) is 0 Å². The molecule has 0 aromatic heterocycles. The third-order valence-corrected chi connectivity index (χ3v) is 3.65. The summed E-state index contributed by atoms with van der Waals surface area (Å²) in [5.74, 6) is -0.119. The van der Waals surface area contributed by atoms with Crippen LogP contribution in [0.4, 0.5) is 5.69 Å². The molecule has 22 heavy (non-hydrogen) atoms. The molecule has 0 saturated heterocycles. The van der Waals surface area contributed by atoms with Crippen LogP contribution < -0.4 is 0 Å². The maximum absolute atomic E-state index is 12.1. The lowest BCUT2D eigenvalue weighted by atomic mass is 10.0. The average molecular weight is 295 g/mol. The average Bonchev–Trinajstić information content (AvgIpc) is 2.48. The highest BCUT2D eigenvalue weighted by Gasteiger charge is 2.10. The van der Waals surface area contributed by atoms with Crippen molar-refractivity contribution in [2.75, 3.05) is 0 Å². The molecule has 4 heteroatoms. The molecule has 112 valence electrons. The molecule has 0 radical (unpaired) electrons. The van der Waals surface area contributed by atoms with E-state index >= 15 is 0 Å². The molecule has 0 N–H and O–H groups in total. The van der Waals surface area contributed by atoms with Crippen LogP contribution in [0, 0.1) is 30.9 Å². The zero-order chi connectivity index (χ0) is 16.3. The number of nitro benzene ring substituents is 1. The molecule has 0 unspecified atom stereocenters. The molecule has 2 rings (SSSR count). The number of benzene rings is 2. The Morgan fingerprint density at radius 3 is 2.32 bits per heavy atom. The lowest BCUT2D eigenvalue weighted by Gasteiger charge is -2.02. The minimum absolute atomic E-state index is 0.0563. The van der Waals surface area contributed by atoms with Crippen molar-refractivity contribution in [1.29, 1.82) is 0 Å². The van der Waals surface area contributed by atoms with Gasteiger partial charge >= 0.3 is 0 Å². The fourth-order valence-corrected chi connectivity index (χ4v) is 2.09. The molecule has 0 bridgehead atoms. The molecule has 0 spiro atoms. The topological polar surface area (TPSA) is 60.2 Å². The van der Waals surface area contributed by atoms with Gasteiger partial charge in [-0.1, -0.05) is 30.3 Å². The number of ketones is 1. The number of nitrogens with zero attached hydrogens (tertiary/aromatic N) is 1. The predicted molar refractivity (Wildman–Crippen MR) is 87.1 cm³/mol. The van der Waals surface area contributed by atoms with Crippen LogP contribution in [-0.4, -0.2) is 10.7 Å². The Kier molecular flexibility index (Phi) is 4.51. The first-order valence-corrected chi connectivity index (χ1v) is 6.93. The second-order valence-electron chi connectivity index (χ2n) is 5.30. The van der Waals surface area contributed by atoms with Crippen molar-refractivity contribution in [3.05, 3.63) is 80.4 Å². The van der Waals surface area contributed by atoms with Crippen molar-refractivity contribution < 1.29 is 9.72 Å². The molecule has 0 saturated carbocycles. The largest absolute Gasteiger partial charge is 0.289 e. The van der Waals surface area contributed by atoms with Gasteiger partial charge in [0, 0.05) is 17.2 Å². The highest BCUT2D eigenvalue weighted by Crippen LogP contribution is 2.20. The summed E-state index contributed by atoms with van der Waals surface area (Å²) in [6.07, 6.45) is 3.04. The normalized spacial score (nSPS) is 10.9. The molecule has 0 amide bonds. The lowest BCUT2D eigenvalue weighted by molar-refractivity contribution is -0.385. The first kappa shape index (κ1) is 15.6. The minimum Gasteiger partial charge on any atom is -0.289 e. The van der Waals surface area contributed by atoms with E-state index in [2.05, 4.69) is 0 Å². The van der Waals surface area contributed by atoms with Crippen LogP contribution in [0.15, 0.2) is 42.5 Å². The molecule has 0 aliphatic rings. The standard InChI is InChI=1S/C18H17NO3/c1-12-5-8-16(10-14(12)3)18(20)9-7-15-6-4-13(2)17(11-15)19(21)22/h4-11H,1-3H3/b9-7+. The second-order valence-corrected chi connectivity index (χ2v) is 5.30. The highest BCUT2D eigenvalue weighted by atomic mass is 16.6. The maximum Gasteiger partial charge on any atom is 0.272 e. The quantitative estimate of drug-likeness (QED) is 0.363. The van der Waals surface area contributed by atoms with Crippen LogP contribution >= 0.6 is 0 Å². The van der Waals surface area contributed by atoms with E-state index in [1.54, 1.807) is 31.2 Å². The number of hydrogen-bond acceptors (Lipinski definition) is 3. The Labute approximate surface area is 129 Å². The fraction of sp³-hybridized carbons (Fsp3) is 0.167. The summed E-state index contributed by atoms with van der Waals surface area (Å²) < 4.78 is 0. The molecular weight excluding hydrogens is 278 g/mol. The van der Waals surface area contributed by atoms with Crippen LogP contribution in [0.5, 0.6) is 0 Å². The Morgan fingerprint density at radius 2 is 1.68 bits per heavy atom. The first-order chi connectivity index (χ1) is 10.4. The lowest BCUT2D eigenvalue weighted by Crippen LogP contribution is -1.96. The molecule has 0 atom stereocenters. The summed E-state index contributed by atoms with van der Waals surface area (Å²) in [6.45, 7) is 5.63. The number of hydrogen-bond donors (Lipinski definition) is 0. The van der Waals surface area contributed by atoms with E-state index in [0.29, 0.717) is 16.7 Å². The molecule has 0 aliphatic carbocycles. The van der Waals surface area contributed by atoms with Gasteiger partial charge in [-0.3, -0.25) is 14.9 Å². The van der Waals surface area contributed by atoms with Gasteiger partial charge < -0.3 is 0 Å². The molecule has 0 fully saturated rings. The highest BCUT2D eigenvalue weighted by molar-refractivity contribution is 6.07. The van der Waals surface area contributed by atoms with Gasteiger partial charge in [0.15, 0.2) is 5.78 Å². The van der Waals surface area contributed by atoms with E-state index in [9.17, 15) is 14.9 Å². The first-order valence-electron chi connectivity index (χ1n) is 6.93.